The summed E-state index contributed by atoms with van der Waals surface area (Å²) in [4.78, 5) is 11.3. The molecule has 0 bridgehead atoms. The van der Waals surface area contributed by atoms with Crippen LogP contribution in [0.2, 0.25) is 0 Å². The summed E-state index contributed by atoms with van der Waals surface area (Å²) < 4.78 is 4.80. The first-order valence-electron chi connectivity index (χ1n) is 5.77. The number of ether oxygens (including phenoxy) is 1. The molecule has 0 aromatic heterocycles. The van der Waals surface area contributed by atoms with Gasteiger partial charge in [-0.1, -0.05) is 13.3 Å². The first-order valence-corrected chi connectivity index (χ1v) is 5.77. The third kappa shape index (κ3) is 3.47. The Morgan fingerprint density at radius 3 is 2.93 bits per heavy atom. The molecule has 3 unspecified atom stereocenters. The van der Waals surface area contributed by atoms with Crippen LogP contribution in [0.1, 0.15) is 33.1 Å². The molecule has 2 N–H and O–H groups in total. The number of esters is 1. The zero-order valence-electron chi connectivity index (χ0n) is 9.53. The van der Waals surface area contributed by atoms with Crippen molar-refractivity contribution in [2.24, 2.45) is 5.92 Å². The molecule has 1 aliphatic rings. The van der Waals surface area contributed by atoms with Gasteiger partial charge in [0.25, 0.3) is 0 Å². The molecule has 0 amide bonds. The molecule has 1 fully saturated rings. The van der Waals surface area contributed by atoms with Crippen LogP contribution in [0.5, 0.6) is 0 Å². The molecule has 0 radical (unpaired) electrons. The molecule has 3 atom stereocenters. The van der Waals surface area contributed by atoms with E-state index in [0.29, 0.717) is 12.5 Å². The predicted molar refractivity (Wildman–Crippen MR) is 57.4 cm³/mol. The minimum Gasteiger partial charge on any atom is -0.464 e. The summed E-state index contributed by atoms with van der Waals surface area (Å²) in [5.74, 6) is 0.104. The summed E-state index contributed by atoms with van der Waals surface area (Å²) in [6.45, 7) is 5.08. The maximum atomic E-state index is 11.3. The van der Waals surface area contributed by atoms with Gasteiger partial charge in [-0.3, -0.25) is 0 Å². The lowest BCUT2D eigenvalue weighted by Gasteiger charge is -2.31. The lowest BCUT2D eigenvalue weighted by atomic mass is 9.88. The molecular weight excluding hydrogens is 194 g/mol. The van der Waals surface area contributed by atoms with E-state index in [9.17, 15) is 9.90 Å². The van der Waals surface area contributed by atoms with E-state index in [0.717, 1.165) is 25.8 Å². The van der Waals surface area contributed by atoms with Crippen LogP contribution in [-0.2, 0) is 9.53 Å². The number of rotatable bonds is 4. The highest BCUT2D eigenvalue weighted by Crippen LogP contribution is 2.21. The highest BCUT2D eigenvalue weighted by atomic mass is 16.5. The number of hydrogen-bond acceptors (Lipinski definition) is 4. The second kappa shape index (κ2) is 6.08. The van der Waals surface area contributed by atoms with E-state index in [-0.39, 0.29) is 6.04 Å². The first-order chi connectivity index (χ1) is 7.19. The van der Waals surface area contributed by atoms with Crippen LogP contribution in [0.15, 0.2) is 0 Å². The van der Waals surface area contributed by atoms with E-state index >= 15 is 0 Å². The van der Waals surface area contributed by atoms with Gasteiger partial charge in [-0.15, -0.1) is 0 Å². The highest BCUT2D eigenvalue weighted by Gasteiger charge is 2.31. The van der Waals surface area contributed by atoms with E-state index in [1.807, 2.05) is 0 Å². The fourth-order valence-electron chi connectivity index (χ4n) is 2.04. The first kappa shape index (κ1) is 12.5. The van der Waals surface area contributed by atoms with Gasteiger partial charge in [0, 0.05) is 6.04 Å². The van der Waals surface area contributed by atoms with Gasteiger partial charge in [0.15, 0.2) is 6.10 Å². The average molecular weight is 215 g/mol. The quantitative estimate of drug-likeness (QED) is 0.677. The van der Waals surface area contributed by atoms with Crippen molar-refractivity contribution in [2.75, 3.05) is 13.2 Å². The number of carbonyl (C=O) groups excluding carboxylic acids is 1. The Labute approximate surface area is 91.0 Å². The van der Waals surface area contributed by atoms with Crippen molar-refractivity contribution in [3.63, 3.8) is 0 Å². The normalized spacial score (nSPS) is 28.5. The Bertz CT molecular complexity index is 208. The van der Waals surface area contributed by atoms with E-state index in [1.165, 1.54) is 0 Å². The Kier molecular flexibility index (Phi) is 5.05. The molecule has 4 nitrogen and oxygen atoms in total. The van der Waals surface area contributed by atoms with Gasteiger partial charge in [0.1, 0.15) is 0 Å². The number of carbonyl (C=O) groups is 1. The number of nitrogens with one attached hydrogen (secondary N) is 1. The minimum atomic E-state index is -1.01. The van der Waals surface area contributed by atoms with Gasteiger partial charge in [0.2, 0.25) is 0 Å². The van der Waals surface area contributed by atoms with Crippen LogP contribution in [0.4, 0.5) is 0 Å². The molecule has 0 saturated carbocycles. The van der Waals surface area contributed by atoms with E-state index in [2.05, 4.69) is 12.2 Å². The van der Waals surface area contributed by atoms with E-state index in [1.54, 1.807) is 6.92 Å². The van der Waals surface area contributed by atoms with E-state index < -0.39 is 12.1 Å². The molecule has 15 heavy (non-hydrogen) atoms. The molecule has 88 valence electrons. The molecule has 4 heteroatoms. The van der Waals surface area contributed by atoms with Crippen LogP contribution in [0, 0.1) is 5.92 Å². The predicted octanol–water partition coefficient (Wildman–Crippen LogP) is 0.689. The second-order valence-corrected chi connectivity index (χ2v) is 4.06. The monoisotopic (exact) mass is 215 g/mol. The average Bonchev–Trinajstić information content (AvgIpc) is 2.28. The molecule has 1 aliphatic heterocycles. The summed E-state index contributed by atoms with van der Waals surface area (Å²) in [6.07, 6.45) is 2.08. The van der Waals surface area contributed by atoms with Crippen LogP contribution >= 0.6 is 0 Å². The summed E-state index contributed by atoms with van der Waals surface area (Å²) in [5.41, 5.74) is 0. The maximum Gasteiger partial charge on any atom is 0.336 e. The molecule has 0 aromatic carbocycles. The summed E-state index contributed by atoms with van der Waals surface area (Å²) >= 11 is 0. The van der Waals surface area contributed by atoms with Crippen LogP contribution < -0.4 is 5.32 Å². The summed E-state index contributed by atoms with van der Waals surface area (Å²) in [7, 11) is 0. The zero-order valence-corrected chi connectivity index (χ0v) is 9.53. The van der Waals surface area contributed by atoms with Gasteiger partial charge < -0.3 is 15.2 Å². The van der Waals surface area contributed by atoms with Crippen molar-refractivity contribution in [2.45, 2.75) is 45.3 Å². The summed E-state index contributed by atoms with van der Waals surface area (Å²) in [6, 6.07) is -0.136. The Morgan fingerprint density at radius 2 is 2.33 bits per heavy atom. The van der Waals surface area contributed by atoms with Crippen molar-refractivity contribution in [1.29, 1.82) is 0 Å². The number of aliphatic hydroxyl groups excluding tert-OH is 1. The standard InChI is InChI=1S/C11H21NO3/c1-3-8-5-6-12-9(7-8)10(13)11(14)15-4-2/h8-10,12-13H,3-7H2,1-2H3. The van der Waals surface area contributed by atoms with Gasteiger partial charge in [0.05, 0.1) is 6.61 Å². The van der Waals surface area contributed by atoms with Crippen molar-refractivity contribution in [3.8, 4) is 0 Å². The molecule has 0 spiro atoms. The van der Waals surface area contributed by atoms with Crippen molar-refractivity contribution >= 4 is 5.97 Å². The molecule has 1 saturated heterocycles. The zero-order chi connectivity index (χ0) is 11.3. The largest absolute Gasteiger partial charge is 0.464 e. The van der Waals surface area contributed by atoms with Crippen LogP contribution in [-0.4, -0.2) is 36.4 Å². The topological polar surface area (TPSA) is 58.6 Å². The lowest BCUT2D eigenvalue weighted by molar-refractivity contribution is -0.155. The van der Waals surface area contributed by atoms with Gasteiger partial charge >= 0.3 is 5.97 Å². The van der Waals surface area contributed by atoms with Gasteiger partial charge in [-0.05, 0) is 32.2 Å². The number of piperidine rings is 1. The van der Waals surface area contributed by atoms with Crippen LogP contribution in [0.25, 0.3) is 0 Å². The van der Waals surface area contributed by atoms with Crippen LogP contribution in [0.3, 0.4) is 0 Å². The van der Waals surface area contributed by atoms with Crippen molar-refractivity contribution in [3.05, 3.63) is 0 Å². The number of aliphatic hydroxyl groups is 1. The Balaban J connectivity index is 2.44. The fourth-order valence-corrected chi connectivity index (χ4v) is 2.04. The summed E-state index contributed by atoms with van der Waals surface area (Å²) in [5, 5.41) is 12.9. The molecule has 0 aromatic rings. The molecule has 0 aliphatic carbocycles. The Morgan fingerprint density at radius 1 is 1.60 bits per heavy atom. The lowest BCUT2D eigenvalue weighted by Crippen LogP contribution is -2.49. The molecule has 1 rings (SSSR count). The number of hydrogen-bond donors (Lipinski definition) is 2. The third-order valence-electron chi connectivity index (χ3n) is 3.03. The smallest absolute Gasteiger partial charge is 0.336 e. The van der Waals surface area contributed by atoms with Crippen molar-refractivity contribution in [1.82, 2.24) is 5.32 Å². The Hall–Kier alpha value is -0.610. The molecule has 1 heterocycles. The molecular formula is C11H21NO3. The fraction of sp³-hybridized carbons (Fsp3) is 0.909. The second-order valence-electron chi connectivity index (χ2n) is 4.06. The minimum absolute atomic E-state index is 0.136. The third-order valence-corrected chi connectivity index (χ3v) is 3.03. The van der Waals surface area contributed by atoms with E-state index in [4.69, 9.17) is 4.74 Å². The van der Waals surface area contributed by atoms with Crippen molar-refractivity contribution < 1.29 is 14.6 Å². The maximum absolute atomic E-state index is 11.3. The highest BCUT2D eigenvalue weighted by molar-refractivity contribution is 5.75. The van der Waals surface area contributed by atoms with Gasteiger partial charge in [-0.25, -0.2) is 4.79 Å². The van der Waals surface area contributed by atoms with Gasteiger partial charge in [-0.2, -0.15) is 0 Å². The SMILES string of the molecule is CCOC(=O)C(O)C1CC(CC)CCN1.